The van der Waals surface area contributed by atoms with E-state index < -0.39 is 36.2 Å². The highest BCUT2D eigenvalue weighted by molar-refractivity contribution is 5.90. The van der Waals surface area contributed by atoms with Gasteiger partial charge in [-0.05, 0) is 13.3 Å². The molecule has 0 aromatic heterocycles. The molecule has 1 fully saturated rings. The van der Waals surface area contributed by atoms with Crippen LogP contribution in [0.3, 0.4) is 0 Å². The Kier molecular flexibility index (Phi) is 3.93. The van der Waals surface area contributed by atoms with Crippen molar-refractivity contribution >= 4 is 18.0 Å². The lowest BCUT2D eigenvalue weighted by atomic mass is 10.1. The van der Waals surface area contributed by atoms with E-state index in [0.29, 0.717) is 6.42 Å². The lowest BCUT2D eigenvalue weighted by Crippen LogP contribution is -2.49. The molecule has 0 bridgehead atoms. The molecule has 2 N–H and O–H groups in total. The van der Waals surface area contributed by atoms with Crippen molar-refractivity contribution in [1.82, 2.24) is 10.2 Å². The fourth-order valence-corrected chi connectivity index (χ4v) is 1.55. The largest absolute Gasteiger partial charge is 0.480 e. The van der Waals surface area contributed by atoms with Crippen LogP contribution in [-0.4, -0.2) is 53.2 Å². The summed E-state index contributed by atoms with van der Waals surface area (Å²) in [6.45, 7) is 3.20. The number of alkyl carbamates (subject to hydrolysis) is 1. The maximum absolute atomic E-state index is 12.0. The van der Waals surface area contributed by atoms with Crippen LogP contribution in [0.1, 0.15) is 20.3 Å². The summed E-state index contributed by atoms with van der Waals surface area (Å²) in [4.78, 5) is 34.8. The number of nitrogens with zero attached hydrogens (tertiary/aromatic N) is 1. The van der Waals surface area contributed by atoms with Crippen molar-refractivity contribution in [1.29, 1.82) is 0 Å². The Balaban J connectivity index is 2.75. The van der Waals surface area contributed by atoms with Crippen LogP contribution < -0.4 is 5.32 Å². The summed E-state index contributed by atoms with van der Waals surface area (Å²) < 4.78 is 4.84. The number of hydrogen-bond acceptors (Lipinski definition) is 4. The number of rotatable bonds is 4. The first-order valence-corrected chi connectivity index (χ1v) is 5.35. The topological polar surface area (TPSA) is 95.9 Å². The van der Waals surface area contributed by atoms with Gasteiger partial charge in [-0.3, -0.25) is 4.79 Å². The number of carboxylic acid groups (broad SMARTS) is 1. The lowest BCUT2D eigenvalue weighted by Gasteiger charge is -2.25. The third-order valence-electron chi connectivity index (χ3n) is 2.87. The van der Waals surface area contributed by atoms with Crippen LogP contribution in [0.5, 0.6) is 0 Å². The van der Waals surface area contributed by atoms with Crippen molar-refractivity contribution < 1.29 is 24.2 Å². The number of carbonyl (C=O) groups excluding carboxylic acids is 2. The summed E-state index contributed by atoms with van der Waals surface area (Å²) in [7, 11) is 1.37. The van der Waals surface area contributed by atoms with Crippen LogP contribution in [0.2, 0.25) is 0 Å². The van der Waals surface area contributed by atoms with Crippen molar-refractivity contribution in [3.8, 4) is 0 Å². The van der Waals surface area contributed by atoms with Crippen LogP contribution in [0.4, 0.5) is 4.79 Å². The third kappa shape index (κ3) is 2.66. The molecule has 1 saturated heterocycles. The van der Waals surface area contributed by atoms with Gasteiger partial charge in [-0.25, -0.2) is 9.59 Å². The van der Waals surface area contributed by atoms with Crippen LogP contribution in [0, 0.1) is 0 Å². The molecule has 17 heavy (non-hydrogen) atoms. The minimum Gasteiger partial charge on any atom is -0.480 e. The lowest BCUT2D eigenvalue weighted by molar-refractivity contribution is -0.151. The van der Waals surface area contributed by atoms with Crippen LogP contribution >= 0.6 is 0 Å². The molecule has 1 heterocycles. The zero-order chi connectivity index (χ0) is 13.2. The van der Waals surface area contributed by atoms with Crippen LogP contribution in [0.15, 0.2) is 0 Å². The zero-order valence-electron chi connectivity index (χ0n) is 9.97. The number of hydrogen-bond donors (Lipinski definition) is 2. The van der Waals surface area contributed by atoms with Gasteiger partial charge in [-0.15, -0.1) is 0 Å². The number of carbonyl (C=O) groups is 3. The summed E-state index contributed by atoms with van der Waals surface area (Å²) in [5.41, 5.74) is 0. The predicted octanol–water partition coefficient (Wildman–Crippen LogP) is -0.195. The van der Waals surface area contributed by atoms with Crippen molar-refractivity contribution in [3.05, 3.63) is 0 Å². The number of aliphatic carboxylic acids is 1. The first-order chi connectivity index (χ1) is 7.88. The summed E-state index contributed by atoms with van der Waals surface area (Å²) in [6.07, 6.45) is -1.05. The van der Waals surface area contributed by atoms with E-state index in [-0.39, 0.29) is 0 Å². The van der Waals surface area contributed by atoms with E-state index in [9.17, 15) is 14.4 Å². The van der Waals surface area contributed by atoms with Gasteiger partial charge in [0, 0.05) is 7.05 Å². The average molecular weight is 244 g/mol. The van der Waals surface area contributed by atoms with Gasteiger partial charge >= 0.3 is 12.1 Å². The molecule has 2 amide bonds. The zero-order valence-corrected chi connectivity index (χ0v) is 9.97. The van der Waals surface area contributed by atoms with Crippen LogP contribution in [-0.2, 0) is 14.3 Å². The molecular formula is C10H16N2O5. The van der Waals surface area contributed by atoms with Crippen molar-refractivity contribution in [3.63, 3.8) is 0 Å². The second kappa shape index (κ2) is 5.03. The van der Waals surface area contributed by atoms with E-state index in [1.807, 2.05) is 0 Å². The van der Waals surface area contributed by atoms with Crippen molar-refractivity contribution in [2.24, 2.45) is 0 Å². The number of amides is 2. The Bertz CT molecular complexity index is 344. The SMILES string of the molecule is CCC1NC(=O)OC1C(=O)N(C)C(C)C(=O)O. The molecule has 1 rings (SSSR count). The molecule has 7 heteroatoms. The van der Waals surface area contributed by atoms with E-state index in [2.05, 4.69) is 5.32 Å². The highest BCUT2D eigenvalue weighted by atomic mass is 16.6. The van der Waals surface area contributed by atoms with Gasteiger partial charge < -0.3 is 20.1 Å². The molecule has 3 unspecified atom stereocenters. The molecule has 1 aliphatic rings. The molecule has 0 radical (unpaired) electrons. The Hall–Kier alpha value is -1.79. The summed E-state index contributed by atoms with van der Waals surface area (Å²) >= 11 is 0. The fourth-order valence-electron chi connectivity index (χ4n) is 1.55. The minimum absolute atomic E-state index is 0.404. The average Bonchev–Trinajstić information content (AvgIpc) is 2.67. The molecular weight excluding hydrogens is 228 g/mol. The third-order valence-corrected chi connectivity index (χ3v) is 2.87. The molecule has 96 valence electrons. The normalized spacial score (nSPS) is 24.8. The van der Waals surface area contributed by atoms with Gasteiger partial charge in [0.2, 0.25) is 6.10 Å². The molecule has 3 atom stereocenters. The van der Waals surface area contributed by atoms with E-state index in [4.69, 9.17) is 9.84 Å². The number of nitrogens with one attached hydrogen (secondary N) is 1. The smallest absolute Gasteiger partial charge is 0.408 e. The standard InChI is InChI=1S/C10H16N2O5/c1-4-6-7(17-10(16)11-6)8(13)12(3)5(2)9(14)15/h5-7H,4H2,1-3H3,(H,11,16)(H,14,15). The predicted molar refractivity (Wildman–Crippen MR) is 57.4 cm³/mol. The molecule has 1 aliphatic heterocycles. The van der Waals surface area contributed by atoms with Crippen LogP contribution in [0.25, 0.3) is 0 Å². The minimum atomic E-state index is -1.11. The molecule has 0 spiro atoms. The number of carboxylic acids is 1. The second-order valence-electron chi connectivity index (χ2n) is 3.95. The summed E-state index contributed by atoms with van der Waals surface area (Å²) in [5.74, 6) is -1.61. The van der Waals surface area contributed by atoms with Gasteiger partial charge in [-0.2, -0.15) is 0 Å². The Labute approximate surface area is 98.7 Å². The van der Waals surface area contributed by atoms with E-state index in [0.717, 1.165) is 4.90 Å². The molecule has 0 aliphatic carbocycles. The molecule has 0 aromatic carbocycles. The number of cyclic esters (lactones) is 1. The first-order valence-electron chi connectivity index (χ1n) is 5.35. The highest BCUT2D eigenvalue weighted by Gasteiger charge is 2.41. The molecule has 7 nitrogen and oxygen atoms in total. The maximum Gasteiger partial charge on any atom is 0.408 e. The second-order valence-corrected chi connectivity index (χ2v) is 3.95. The van der Waals surface area contributed by atoms with Gasteiger partial charge in [0.1, 0.15) is 6.04 Å². The number of likely N-dealkylation sites (N-methyl/N-ethyl adjacent to an activating group) is 1. The summed E-state index contributed by atoms with van der Waals surface area (Å²) in [5, 5.41) is 11.3. The Morgan fingerprint density at radius 2 is 2.18 bits per heavy atom. The van der Waals surface area contributed by atoms with E-state index in [1.165, 1.54) is 14.0 Å². The number of ether oxygens (including phenoxy) is 1. The van der Waals surface area contributed by atoms with Gasteiger partial charge in [-0.1, -0.05) is 6.92 Å². The Morgan fingerprint density at radius 3 is 2.65 bits per heavy atom. The van der Waals surface area contributed by atoms with Gasteiger partial charge in [0.15, 0.2) is 0 Å². The molecule has 0 aromatic rings. The first kappa shape index (κ1) is 13.3. The highest BCUT2D eigenvalue weighted by Crippen LogP contribution is 2.15. The van der Waals surface area contributed by atoms with Crippen molar-refractivity contribution in [2.45, 2.75) is 38.5 Å². The fraction of sp³-hybridized carbons (Fsp3) is 0.700. The van der Waals surface area contributed by atoms with Gasteiger partial charge in [0.05, 0.1) is 6.04 Å². The molecule has 0 saturated carbocycles. The van der Waals surface area contributed by atoms with Gasteiger partial charge in [0.25, 0.3) is 5.91 Å². The van der Waals surface area contributed by atoms with Crippen molar-refractivity contribution in [2.75, 3.05) is 7.05 Å². The van der Waals surface area contributed by atoms with E-state index >= 15 is 0 Å². The maximum atomic E-state index is 12.0. The Morgan fingerprint density at radius 1 is 1.59 bits per heavy atom. The van der Waals surface area contributed by atoms with E-state index in [1.54, 1.807) is 6.92 Å². The monoisotopic (exact) mass is 244 g/mol. The summed E-state index contributed by atoms with van der Waals surface area (Å²) in [6, 6.07) is -1.36. The quantitative estimate of drug-likeness (QED) is 0.714.